The van der Waals surface area contributed by atoms with Gasteiger partial charge in [-0.2, -0.15) is 13.2 Å². The normalized spacial score (nSPS) is 11.6. The molecule has 5 nitrogen and oxygen atoms in total. The van der Waals surface area contributed by atoms with Gasteiger partial charge in [0.25, 0.3) is 5.91 Å². The second-order valence-corrected chi connectivity index (χ2v) is 8.76. The van der Waals surface area contributed by atoms with Crippen LogP contribution in [0.5, 0.6) is 0 Å². The van der Waals surface area contributed by atoms with Crippen molar-refractivity contribution in [2.24, 2.45) is 0 Å². The summed E-state index contributed by atoms with van der Waals surface area (Å²) in [5.74, 6) is -0.565. The van der Waals surface area contributed by atoms with E-state index in [1.807, 2.05) is 36.1 Å². The number of aromatic nitrogens is 1. The molecule has 0 radical (unpaired) electrons. The number of hydrogen-bond donors (Lipinski definition) is 1. The quantitative estimate of drug-likeness (QED) is 0.269. The molecule has 0 aliphatic heterocycles. The van der Waals surface area contributed by atoms with E-state index in [2.05, 4.69) is 10.3 Å². The van der Waals surface area contributed by atoms with Crippen LogP contribution in [0.15, 0.2) is 83.5 Å². The van der Waals surface area contributed by atoms with E-state index in [0.717, 1.165) is 28.8 Å². The number of aryl methyl sites for hydroxylation is 1. The maximum atomic E-state index is 13.2. The predicted octanol–water partition coefficient (Wildman–Crippen LogP) is 6.27. The fourth-order valence-electron chi connectivity index (χ4n) is 3.78. The van der Waals surface area contributed by atoms with Crippen molar-refractivity contribution in [1.29, 1.82) is 0 Å². The van der Waals surface area contributed by atoms with Crippen LogP contribution in [0.1, 0.15) is 44.2 Å². The zero-order valence-electron chi connectivity index (χ0n) is 20.1. The van der Waals surface area contributed by atoms with Crippen LogP contribution in [-0.2, 0) is 32.4 Å². The molecule has 0 spiro atoms. The van der Waals surface area contributed by atoms with Gasteiger partial charge in [-0.1, -0.05) is 60.2 Å². The van der Waals surface area contributed by atoms with E-state index in [9.17, 15) is 22.4 Å². The lowest BCUT2D eigenvalue weighted by Crippen LogP contribution is -2.24. The zero-order chi connectivity index (χ0) is 26.4. The SMILES string of the molecule is Cc1ccc(CN(Cc2cccc(C(F)(F)F)c2)Cc2nc(C(=O)NCc3ccc(F)cc3)co2)cc1. The molecule has 37 heavy (non-hydrogen) atoms. The summed E-state index contributed by atoms with van der Waals surface area (Å²) in [5, 5.41) is 2.70. The van der Waals surface area contributed by atoms with E-state index in [-0.39, 0.29) is 37.0 Å². The molecule has 9 heteroatoms. The third-order valence-corrected chi connectivity index (χ3v) is 5.70. The number of nitrogens with zero attached hydrogens (tertiary/aromatic N) is 2. The Morgan fingerprint density at radius 2 is 1.59 bits per heavy atom. The van der Waals surface area contributed by atoms with Gasteiger partial charge in [0.1, 0.15) is 12.1 Å². The molecule has 1 N–H and O–H groups in total. The third kappa shape index (κ3) is 7.50. The minimum absolute atomic E-state index is 0.0754. The second kappa shape index (κ2) is 11.4. The highest BCUT2D eigenvalue weighted by atomic mass is 19.4. The van der Waals surface area contributed by atoms with E-state index in [0.29, 0.717) is 12.1 Å². The first-order chi connectivity index (χ1) is 17.7. The van der Waals surface area contributed by atoms with Gasteiger partial charge in [-0.15, -0.1) is 0 Å². The number of alkyl halides is 3. The number of carbonyl (C=O) groups excluding carboxylic acids is 1. The van der Waals surface area contributed by atoms with Crippen molar-refractivity contribution in [3.63, 3.8) is 0 Å². The van der Waals surface area contributed by atoms with Crippen LogP contribution in [0.4, 0.5) is 17.6 Å². The number of halogens is 4. The summed E-state index contributed by atoms with van der Waals surface area (Å²) >= 11 is 0. The molecule has 0 aliphatic carbocycles. The van der Waals surface area contributed by atoms with Crippen LogP contribution < -0.4 is 5.32 Å². The molecule has 1 aromatic heterocycles. The van der Waals surface area contributed by atoms with Crippen molar-refractivity contribution in [3.05, 3.63) is 124 Å². The van der Waals surface area contributed by atoms with E-state index in [4.69, 9.17) is 4.42 Å². The average molecular weight is 512 g/mol. The summed E-state index contributed by atoms with van der Waals surface area (Å²) in [7, 11) is 0. The highest BCUT2D eigenvalue weighted by Crippen LogP contribution is 2.30. The van der Waals surface area contributed by atoms with Gasteiger partial charge in [0.2, 0.25) is 5.89 Å². The molecule has 4 aromatic rings. The highest BCUT2D eigenvalue weighted by Gasteiger charge is 2.30. The summed E-state index contributed by atoms with van der Waals surface area (Å²) < 4.78 is 58.2. The van der Waals surface area contributed by atoms with Crippen molar-refractivity contribution in [3.8, 4) is 0 Å². The Balaban J connectivity index is 1.46. The minimum atomic E-state index is -4.43. The van der Waals surface area contributed by atoms with Gasteiger partial charge in [0.05, 0.1) is 12.1 Å². The number of amides is 1. The molecule has 1 heterocycles. The van der Waals surface area contributed by atoms with Crippen LogP contribution in [0, 0.1) is 12.7 Å². The third-order valence-electron chi connectivity index (χ3n) is 5.70. The Bertz CT molecular complexity index is 1330. The van der Waals surface area contributed by atoms with E-state index >= 15 is 0 Å². The van der Waals surface area contributed by atoms with Gasteiger partial charge < -0.3 is 9.73 Å². The molecule has 0 fully saturated rings. The number of carbonyl (C=O) groups is 1. The second-order valence-electron chi connectivity index (χ2n) is 8.76. The van der Waals surface area contributed by atoms with Crippen molar-refractivity contribution in [1.82, 2.24) is 15.2 Å². The van der Waals surface area contributed by atoms with Gasteiger partial charge in [-0.25, -0.2) is 9.37 Å². The lowest BCUT2D eigenvalue weighted by Gasteiger charge is -2.22. The van der Waals surface area contributed by atoms with Crippen LogP contribution in [-0.4, -0.2) is 15.8 Å². The Hall–Kier alpha value is -3.98. The molecule has 0 aliphatic rings. The Labute approximate surface area is 211 Å². The standard InChI is InChI=1S/C28H25F4N3O2/c1-19-5-7-21(8-6-19)15-35(16-22-3-2-4-23(13-22)28(30,31)32)17-26-34-25(18-37-26)27(36)33-14-20-9-11-24(29)12-10-20/h2-13,18H,14-17H2,1H3,(H,33,36). The lowest BCUT2D eigenvalue weighted by molar-refractivity contribution is -0.137. The Morgan fingerprint density at radius 3 is 2.30 bits per heavy atom. The molecule has 4 rings (SSSR count). The molecule has 0 unspecified atom stereocenters. The van der Waals surface area contributed by atoms with E-state index in [1.165, 1.54) is 24.5 Å². The first-order valence-electron chi connectivity index (χ1n) is 11.6. The zero-order valence-corrected chi connectivity index (χ0v) is 20.1. The highest BCUT2D eigenvalue weighted by molar-refractivity contribution is 5.91. The van der Waals surface area contributed by atoms with Crippen LogP contribution in [0.3, 0.4) is 0 Å². The molecule has 0 atom stereocenters. The van der Waals surface area contributed by atoms with Crippen LogP contribution in [0.2, 0.25) is 0 Å². The summed E-state index contributed by atoms with van der Waals surface area (Å²) in [5.41, 5.74) is 2.65. The van der Waals surface area contributed by atoms with Gasteiger partial charge in [0, 0.05) is 19.6 Å². The molecule has 3 aromatic carbocycles. The molecular formula is C28H25F4N3O2. The number of oxazole rings is 1. The monoisotopic (exact) mass is 511 g/mol. The number of rotatable bonds is 9. The predicted molar refractivity (Wildman–Crippen MR) is 130 cm³/mol. The molecule has 0 saturated carbocycles. The van der Waals surface area contributed by atoms with Gasteiger partial charge in [-0.3, -0.25) is 9.69 Å². The fourth-order valence-corrected chi connectivity index (χ4v) is 3.78. The summed E-state index contributed by atoms with van der Waals surface area (Å²) in [6.07, 6.45) is -3.19. The Morgan fingerprint density at radius 1 is 0.919 bits per heavy atom. The summed E-state index contributed by atoms with van der Waals surface area (Å²) in [4.78, 5) is 18.7. The van der Waals surface area contributed by atoms with E-state index in [1.54, 1.807) is 18.2 Å². The molecule has 0 saturated heterocycles. The minimum Gasteiger partial charge on any atom is -0.447 e. The topological polar surface area (TPSA) is 58.4 Å². The van der Waals surface area contributed by atoms with Crippen LogP contribution >= 0.6 is 0 Å². The first-order valence-corrected chi connectivity index (χ1v) is 11.6. The maximum absolute atomic E-state index is 13.2. The molecular weight excluding hydrogens is 486 g/mol. The lowest BCUT2D eigenvalue weighted by atomic mass is 10.1. The van der Waals surface area contributed by atoms with Crippen molar-refractivity contribution in [2.45, 2.75) is 39.3 Å². The van der Waals surface area contributed by atoms with Crippen molar-refractivity contribution in [2.75, 3.05) is 0 Å². The van der Waals surface area contributed by atoms with Gasteiger partial charge >= 0.3 is 6.18 Å². The summed E-state index contributed by atoms with van der Waals surface area (Å²) in [6.45, 7) is 2.99. The maximum Gasteiger partial charge on any atom is 0.416 e. The van der Waals surface area contributed by atoms with Crippen molar-refractivity contribution >= 4 is 5.91 Å². The largest absolute Gasteiger partial charge is 0.447 e. The van der Waals surface area contributed by atoms with Gasteiger partial charge in [-0.05, 0) is 41.8 Å². The Kier molecular flexibility index (Phi) is 8.03. The molecule has 192 valence electrons. The number of nitrogens with one attached hydrogen (secondary N) is 1. The number of hydrogen-bond acceptors (Lipinski definition) is 4. The molecule has 0 bridgehead atoms. The van der Waals surface area contributed by atoms with Crippen LogP contribution in [0.25, 0.3) is 0 Å². The van der Waals surface area contributed by atoms with E-state index < -0.39 is 17.6 Å². The average Bonchev–Trinajstić information content (AvgIpc) is 3.33. The number of benzene rings is 3. The first kappa shape index (κ1) is 26.1. The van der Waals surface area contributed by atoms with Gasteiger partial charge in [0.15, 0.2) is 5.69 Å². The summed E-state index contributed by atoms with van der Waals surface area (Å²) in [6, 6.07) is 18.8. The molecule has 1 amide bonds. The van der Waals surface area contributed by atoms with Crippen molar-refractivity contribution < 1.29 is 26.8 Å². The fraction of sp³-hybridized carbons (Fsp3) is 0.214. The smallest absolute Gasteiger partial charge is 0.416 e.